The first-order valence-corrected chi connectivity index (χ1v) is 7.28. The Bertz CT molecular complexity index is 553. The molecule has 3 nitrogen and oxygen atoms in total. The molecule has 0 aliphatic heterocycles. The summed E-state index contributed by atoms with van der Waals surface area (Å²) in [7, 11) is 0. The van der Waals surface area contributed by atoms with Gasteiger partial charge in [-0.15, -0.1) is 0 Å². The highest BCUT2D eigenvalue weighted by Crippen LogP contribution is 2.58. The van der Waals surface area contributed by atoms with Crippen molar-refractivity contribution in [3.8, 4) is 0 Å². The van der Waals surface area contributed by atoms with Gasteiger partial charge in [0.2, 0.25) is 0 Å². The monoisotopic (exact) mass is 271 g/mol. The minimum atomic E-state index is 0.484. The molecule has 3 heteroatoms. The normalized spacial score (nSPS) is 19.1. The van der Waals surface area contributed by atoms with Crippen molar-refractivity contribution in [2.45, 2.75) is 46.5 Å². The maximum atomic E-state index is 5.21. The molecule has 2 aromatic rings. The molecule has 3 N–H and O–H groups in total. The van der Waals surface area contributed by atoms with E-state index >= 15 is 0 Å². The number of nitrogens with one attached hydrogen (secondary N) is 1. The largest absolute Gasteiger partial charge is 0.369 e. The Hall–Kier alpha value is -1.77. The zero-order valence-electron chi connectivity index (χ0n) is 12.9. The Morgan fingerprint density at radius 2 is 2.10 bits per heavy atom. The number of nitrogen functional groups attached to an aromatic ring is 1. The molecule has 108 valence electrons. The van der Waals surface area contributed by atoms with Crippen molar-refractivity contribution in [3.63, 3.8) is 0 Å². The van der Waals surface area contributed by atoms with Crippen molar-refractivity contribution < 1.29 is 0 Å². The highest BCUT2D eigenvalue weighted by atomic mass is 15.0. The van der Waals surface area contributed by atoms with Gasteiger partial charge in [0.1, 0.15) is 0 Å². The fourth-order valence-electron chi connectivity index (χ4n) is 2.50. The predicted octanol–water partition coefficient (Wildman–Crippen LogP) is 4.06. The molecule has 0 unspecified atom stereocenters. The van der Waals surface area contributed by atoms with E-state index in [1.807, 2.05) is 6.92 Å². The van der Waals surface area contributed by atoms with Crippen LogP contribution in [0, 0.1) is 12.3 Å². The fraction of sp³-hybridized carbons (Fsp3) is 0.471. The van der Waals surface area contributed by atoms with Gasteiger partial charge in [-0.3, -0.25) is 0 Å². The predicted molar refractivity (Wildman–Crippen MR) is 84.7 cm³/mol. The third-order valence-corrected chi connectivity index (χ3v) is 4.00. The molecule has 1 fully saturated rings. The summed E-state index contributed by atoms with van der Waals surface area (Å²) in [5, 5.41) is 0. The van der Waals surface area contributed by atoms with E-state index in [1.54, 1.807) is 11.8 Å². The third kappa shape index (κ3) is 3.62. The van der Waals surface area contributed by atoms with Gasteiger partial charge in [0.15, 0.2) is 5.95 Å². The van der Waals surface area contributed by atoms with Crippen LogP contribution in [0.5, 0.6) is 0 Å². The molecule has 1 aromatic heterocycles. The molecule has 1 atom stereocenters. The molecule has 0 bridgehead atoms. The number of imidazole rings is 1. The number of aromatic amines is 1. The first kappa shape index (κ1) is 14.6. The maximum absolute atomic E-state index is 5.21. The zero-order chi connectivity index (χ0) is 14.8. The Kier molecular flexibility index (Phi) is 4.17. The van der Waals surface area contributed by atoms with Crippen LogP contribution < -0.4 is 5.73 Å². The Labute approximate surface area is 121 Å². The van der Waals surface area contributed by atoms with Crippen molar-refractivity contribution in [1.29, 1.82) is 0 Å². The maximum Gasteiger partial charge on any atom is 0.197 e. The van der Waals surface area contributed by atoms with Gasteiger partial charge in [0.05, 0.1) is 0 Å². The van der Waals surface area contributed by atoms with Crippen LogP contribution in [0.3, 0.4) is 0 Å². The fourth-order valence-corrected chi connectivity index (χ4v) is 2.50. The molecule has 0 spiro atoms. The summed E-state index contributed by atoms with van der Waals surface area (Å²) in [5.74, 6) is 1.30. The minimum Gasteiger partial charge on any atom is -0.369 e. The standard InChI is InChI=1S/C13H18.C4H7N3/c1-4-10-6-5-7-11(8-10)12-9-13(12,2)3;1-3-2-6-4(5)7-3/h5-8,12H,4,9H2,1-3H3;2H,1H3,(H3,5,6,7)/t12-;/m0./s1. The topological polar surface area (TPSA) is 54.7 Å². The molecule has 3 rings (SSSR count). The van der Waals surface area contributed by atoms with Crippen molar-refractivity contribution in [2.24, 2.45) is 5.41 Å². The molecule has 1 saturated carbocycles. The van der Waals surface area contributed by atoms with Crippen LogP contribution in [-0.4, -0.2) is 9.97 Å². The lowest BCUT2D eigenvalue weighted by atomic mass is 10.0. The SMILES string of the molecule is CCc1cccc([C@@H]2CC2(C)C)c1.Cc1cnc(N)[nH]1. The summed E-state index contributed by atoms with van der Waals surface area (Å²) in [5.41, 5.74) is 9.79. The van der Waals surface area contributed by atoms with Crippen LogP contribution in [0.4, 0.5) is 5.95 Å². The van der Waals surface area contributed by atoms with Crippen LogP contribution in [0.15, 0.2) is 30.5 Å². The molecule has 1 heterocycles. The van der Waals surface area contributed by atoms with Crippen LogP contribution in [0.2, 0.25) is 0 Å². The minimum absolute atomic E-state index is 0.484. The van der Waals surface area contributed by atoms with E-state index in [1.165, 1.54) is 12.0 Å². The van der Waals surface area contributed by atoms with Gasteiger partial charge >= 0.3 is 0 Å². The van der Waals surface area contributed by atoms with Crippen LogP contribution >= 0.6 is 0 Å². The summed E-state index contributed by atoms with van der Waals surface area (Å²) < 4.78 is 0. The van der Waals surface area contributed by atoms with Crippen LogP contribution in [-0.2, 0) is 6.42 Å². The number of hydrogen-bond acceptors (Lipinski definition) is 2. The second-order valence-electron chi connectivity index (χ2n) is 6.30. The summed E-state index contributed by atoms with van der Waals surface area (Å²) in [6.07, 6.45) is 4.20. The van der Waals surface area contributed by atoms with Crippen molar-refractivity contribution >= 4 is 5.95 Å². The Morgan fingerprint density at radius 3 is 2.50 bits per heavy atom. The average molecular weight is 271 g/mol. The lowest BCUT2D eigenvalue weighted by Gasteiger charge is -2.05. The molecule has 1 aliphatic rings. The summed E-state index contributed by atoms with van der Waals surface area (Å²) in [4.78, 5) is 6.54. The third-order valence-electron chi connectivity index (χ3n) is 4.00. The van der Waals surface area contributed by atoms with Gasteiger partial charge in [-0.1, -0.05) is 45.0 Å². The number of nitrogens with zero attached hydrogens (tertiary/aromatic N) is 1. The molecule has 1 aromatic carbocycles. The number of H-pyrrole nitrogens is 1. The quantitative estimate of drug-likeness (QED) is 0.865. The van der Waals surface area contributed by atoms with E-state index in [2.05, 4.69) is 55.0 Å². The highest BCUT2D eigenvalue weighted by Gasteiger charge is 2.46. The number of aromatic nitrogens is 2. The smallest absolute Gasteiger partial charge is 0.197 e. The van der Waals surface area contributed by atoms with E-state index in [4.69, 9.17) is 5.73 Å². The molecular formula is C17H25N3. The van der Waals surface area contributed by atoms with Crippen LogP contribution in [0.1, 0.15) is 49.9 Å². The summed E-state index contributed by atoms with van der Waals surface area (Å²) in [6.45, 7) is 8.84. The van der Waals surface area contributed by atoms with Crippen molar-refractivity contribution in [1.82, 2.24) is 9.97 Å². The van der Waals surface area contributed by atoms with E-state index in [0.29, 0.717) is 11.4 Å². The number of benzene rings is 1. The molecule has 0 amide bonds. The molecule has 0 saturated heterocycles. The second-order valence-corrected chi connectivity index (χ2v) is 6.30. The highest BCUT2D eigenvalue weighted by molar-refractivity contribution is 5.32. The van der Waals surface area contributed by atoms with E-state index in [0.717, 1.165) is 18.0 Å². The number of hydrogen-bond donors (Lipinski definition) is 2. The van der Waals surface area contributed by atoms with Gasteiger partial charge in [0.25, 0.3) is 0 Å². The number of rotatable bonds is 2. The molecule has 20 heavy (non-hydrogen) atoms. The summed E-state index contributed by atoms with van der Waals surface area (Å²) in [6, 6.07) is 9.07. The Morgan fingerprint density at radius 1 is 1.40 bits per heavy atom. The first-order chi connectivity index (χ1) is 9.42. The van der Waals surface area contributed by atoms with Crippen molar-refractivity contribution in [2.75, 3.05) is 5.73 Å². The van der Waals surface area contributed by atoms with Gasteiger partial charge in [-0.25, -0.2) is 4.98 Å². The molecule has 0 radical (unpaired) electrons. The van der Waals surface area contributed by atoms with Gasteiger partial charge in [-0.2, -0.15) is 0 Å². The molecular weight excluding hydrogens is 246 g/mol. The van der Waals surface area contributed by atoms with E-state index < -0.39 is 0 Å². The Balaban J connectivity index is 0.000000178. The van der Waals surface area contributed by atoms with E-state index in [-0.39, 0.29) is 0 Å². The average Bonchev–Trinajstić information content (AvgIpc) is 2.89. The van der Waals surface area contributed by atoms with Gasteiger partial charge < -0.3 is 10.7 Å². The lowest BCUT2D eigenvalue weighted by Crippen LogP contribution is -1.91. The van der Waals surface area contributed by atoms with E-state index in [9.17, 15) is 0 Å². The number of nitrogens with two attached hydrogens (primary N) is 1. The lowest BCUT2D eigenvalue weighted by molar-refractivity contribution is 0.621. The summed E-state index contributed by atoms with van der Waals surface area (Å²) >= 11 is 0. The van der Waals surface area contributed by atoms with Gasteiger partial charge in [-0.05, 0) is 42.2 Å². The number of anilines is 1. The first-order valence-electron chi connectivity index (χ1n) is 7.28. The van der Waals surface area contributed by atoms with Crippen molar-refractivity contribution in [3.05, 3.63) is 47.3 Å². The van der Waals surface area contributed by atoms with Crippen LogP contribution in [0.25, 0.3) is 0 Å². The molecule has 1 aliphatic carbocycles. The second kappa shape index (κ2) is 5.70. The number of aryl methyl sites for hydroxylation is 2. The van der Waals surface area contributed by atoms with Gasteiger partial charge in [0, 0.05) is 11.9 Å². The zero-order valence-corrected chi connectivity index (χ0v) is 12.9.